The van der Waals surface area contributed by atoms with E-state index in [-0.39, 0.29) is 0 Å². The lowest BCUT2D eigenvalue weighted by Gasteiger charge is -1.90. The van der Waals surface area contributed by atoms with Gasteiger partial charge in [-0.1, -0.05) is 5.57 Å². The van der Waals surface area contributed by atoms with E-state index in [0.29, 0.717) is 5.70 Å². The van der Waals surface area contributed by atoms with Crippen LogP contribution in [0.3, 0.4) is 0 Å². The monoisotopic (exact) mass is 139 g/mol. The van der Waals surface area contributed by atoms with Gasteiger partial charge in [0.15, 0.2) is 0 Å². The van der Waals surface area contributed by atoms with Gasteiger partial charge in [0.1, 0.15) is 6.26 Å². The van der Waals surface area contributed by atoms with Crippen LogP contribution in [0.4, 0.5) is 0 Å². The molecule has 0 aromatic rings. The molecule has 0 aromatic heterocycles. The number of hydrogen-bond donors (Lipinski definition) is 1. The summed E-state index contributed by atoms with van der Waals surface area (Å²) in [5, 5.41) is 8.59. The first kappa shape index (κ1) is 8.95. The summed E-state index contributed by atoms with van der Waals surface area (Å²) in [5.41, 5.74) is 1.70. The van der Waals surface area contributed by atoms with E-state index < -0.39 is 0 Å². The minimum atomic E-state index is 0.586. The highest BCUT2D eigenvalue weighted by Gasteiger charge is 1.84. The van der Waals surface area contributed by atoms with Crippen molar-refractivity contribution in [2.75, 3.05) is 0 Å². The third-order valence-corrected chi connectivity index (χ3v) is 0.847. The van der Waals surface area contributed by atoms with Crippen LogP contribution in [0.25, 0.3) is 0 Å². The van der Waals surface area contributed by atoms with Crippen molar-refractivity contribution >= 4 is 6.21 Å². The predicted molar refractivity (Wildman–Crippen MR) is 44.3 cm³/mol. The minimum Gasteiger partial charge on any atom is -0.513 e. The maximum Gasteiger partial charge on any atom is 0.105 e. The summed E-state index contributed by atoms with van der Waals surface area (Å²) in [6.45, 7) is 5.71. The van der Waals surface area contributed by atoms with Gasteiger partial charge in [0, 0.05) is 6.21 Å². The highest BCUT2D eigenvalue weighted by Crippen LogP contribution is 2.01. The molecule has 0 fully saturated rings. The molecular weight excluding hydrogens is 126 g/mol. The van der Waals surface area contributed by atoms with Crippen LogP contribution in [0.5, 0.6) is 0 Å². The van der Waals surface area contributed by atoms with Crippen molar-refractivity contribution < 1.29 is 5.11 Å². The van der Waals surface area contributed by atoms with E-state index in [9.17, 15) is 0 Å². The van der Waals surface area contributed by atoms with E-state index in [1.807, 2.05) is 20.8 Å². The van der Waals surface area contributed by atoms with Crippen LogP contribution in [-0.4, -0.2) is 11.3 Å². The van der Waals surface area contributed by atoms with Crippen molar-refractivity contribution in [3.63, 3.8) is 0 Å². The van der Waals surface area contributed by atoms with Gasteiger partial charge in [0.05, 0.1) is 5.70 Å². The molecule has 1 N–H and O–H groups in total. The highest BCUT2D eigenvalue weighted by molar-refractivity contribution is 5.56. The summed E-state index contributed by atoms with van der Waals surface area (Å²) in [6.07, 6.45) is 4.44. The lowest BCUT2D eigenvalue weighted by atomic mass is 10.3. The molecule has 0 amide bonds. The van der Waals surface area contributed by atoms with Gasteiger partial charge in [-0.25, -0.2) is 0 Å². The predicted octanol–water partition coefficient (Wildman–Crippen LogP) is 2.44. The second kappa shape index (κ2) is 4.79. The van der Waals surface area contributed by atoms with Gasteiger partial charge in [-0.05, 0) is 26.8 Å². The molecule has 0 aromatic carbocycles. The summed E-state index contributed by atoms with van der Waals surface area (Å²) in [7, 11) is 0. The van der Waals surface area contributed by atoms with Crippen LogP contribution < -0.4 is 0 Å². The first-order valence-corrected chi connectivity index (χ1v) is 3.18. The molecule has 0 saturated heterocycles. The molecule has 0 aliphatic heterocycles. The molecular formula is C8H13NO. The standard InChI is InChI=1S/C8H13NO/c1-4-9-8(6-10)5-7(2)3/h4-6,10H,1-3H3/b8-6-,9-4?. The first-order chi connectivity index (χ1) is 4.70. The number of aliphatic hydroxyl groups is 1. The number of hydrogen-bond acceptors (Lipinski definition) is 2. The largest absolute Gasteiger partial charge is 0.513 e. The Balaban J connectivity index is 4.26. The van der Waals surface area contributed by atoms with E-state index in [0.717, 1.165) is 11.8 Å². The summed E-state index contributed by atoms with van der Waals surface area (Å²) >= 11 is 0. The Hall–Kier alpha value is -1.05. The van der Waals surface area contributed by atoms with Crippen molar-refractivity contribution in [1.82, 2.24) is 0 Å². The van der Waals surface area contributed by atoms with Gasteiger partial charge in [0.25, 0.3) is 0 Å². The van der Waals surface area contributed by atoms with Crippen LogP contribution in [0.2, 0.25) is 0 Å². The normalized spacial score (nSPS) is 12.1. The molecule has 0 aliphatic carbocycles. The van der Waals surface area contributed by atoms with Gasteiger partial charge in [0.2, 0.25) is 0 Å². The maximum absolute atomic E-state index is 8.59. The first-order valence-electron chi connectivity index (χ1n) is 3.18. The maximum atomic E-state index is 8.59. The summed E-state index contributed by atoms with van der Waals surface area (Å²) < 4.78 is 0. The molecule has 2 nitrogen and oxygen atoms in total. The van der Waals surface area contributed by atoms with E-state index in [2.05, 4.69) is 4.99 Å². The number of rotatable bonds is 2. The fraction of sp³-hybridized carbons (Fsp3) is 0.375. The number of aliphatic imine (C=N–C) groups is 1. The van der Waals surface area contributed by atoms with Gasteiger partial charge in [-0.3, -0.25) is 4.99 Å². The van der Waals surface area contributed by atoms with E-state index >= 15 is 0 Å². The lowest BCUT2D eigenvalue weighted by Crippen LogP contribution is -1.74. The van der Waals surface area contributed by atoms with E-state index in [4.69, 9.17) is 5.11 Å². The fourth-order valence-electron chi connectivity index (χ4n) is 0.553. The molecule has 0 radical (unpaired) electrons. The highest BCUT2D eigenvalue weighted by atomic mass is 16.2. The Morgan fingerprint density at radius 1 is 1.40 bits per heavy atom. The minimum absolute atomic E-state index is 0.586. The molecule has 0 atom stereocenters. The molecule has 0 spiro atoms. The molecule has 0 saturated carbocycles. The average molecular weight is 139 g/mol. The SMILES string of the molecule is CC=N/C(C=C(C)C)=C\O. The van der Waals surface area contributed by atoms with Gasteiger partial charge >= 0.3 is 0 Å². The Labute approximate surface area is 61.6 Å². The van der Waals surface area contributed by atoms with Crippen molar-refractivity contribution in [2.24, 2.45) is 4.99 Å². The van der Waals surface area contributed by atoms with Crippen LogP contribution in [0.1, 0.15) is 20.8 Å². The quantitative estimate of drug-likeness (QED) is 0.355. The van der Waals surface area contributed by atoms with E-state index in [1.54, 1.807) is 12.3 Å². The second-order valence-corrected chi connectivity index (χ2v) is 2.16. The molecule has 10 heavy (non-hydrogen) atoms. The topological polar surface area (TPSA) is 32.6 Å². The number of nitrogens with zero attached hydrogens (tertiary/aromatic N) is 1. The zero-order valence-corrected chi connectivity index (χ0v) is 6.63. The number of allylic oxidation sites excluding steroid dienone is 2. The molecule has 0 bridgehead atoms. The molecule has 0 unspecified atom stereocenters. The van der Waals surface area contributed by atoms with E-state index in [1.165, 1.54) is 0 Å². The Morgan fingerprint density at radius 3 is 2.30 bits per heavy atom. The average Bonchev–Trinajstić information content (AvgIpc) is 1.86. The Kier molecular flexibility index (Phi) is 4.29. The molecule has 0 rings (SSSR count). The summed E-state index contributed by atoms with van der Waals surface area (Å²) in [4.78, 5) is 3.89. The van der Waals surface area contributed by atoms with Crippen molar-refractivity contribution in [3.05, 3.63) is 23.6 Å². The Bertz CT molecular complexity index is 174. The third-order valence-electron chi connectivity index (χ3n) is 0.847. The third kappa shape index (κ3) is 3.89. The Morgan fingerprint density at radius 2 is 2.00 bits per heavy atom. The fourth-order valence-corrected chi connectivity index (χ4v) is 0.553. The molecule has 0 heterocycles. The second-order valence-electron chi connectivity index (χ2n) is 2.16. The van der Waals surface area contributed by atoms with Crippen molar-refractivity contribution in [3.8, 4) is 0 Å². The van der Waals surface area contributed by atoms with Gasteiger partial charge < -0.3 is 5.11 Å². The van der Waals surface area contributed by atoms with Crippen molar-refractivity contribution in [1.29, 1.82) is 0 Å². The molecule has 2 heteroatoms. The van der Waals surface area contributed by atoms with Crippen LogP contribution in [0.15, 0.2) is 28.6 Å². The van der Waals surface area contributed by atoms with Gasteiger partial charge in [-0.2, -0.15) is 0 Å². The van der Waals surface area contributed by atoms with Crippen LogP contribution >= 0.6 is 0 Å². The van der Waals surface area contributed by atoms with Gasteiger partial charge in [-0.15, -0.1) is 0 Å². The smallest absolute Gasteiger partial charge is 0.105 e. The molecule has 0 aliphatic rings. The summed E-state index contributed by atoms with van der Waals surface area (Å²) in [6, 6.07) is 0. The molecule has 56 valence electrons. The van der Waals surface area contributed by atoms with Crippen molar-refractivity contribution in [2.45, 2.75) is 20.8 Å². The lowest BCUT2D eigenvalue weighted by molar-refractivity contribution is 0.468. The zero-order chi connectivity index (χ0) is 7.98. The van der Waals surface area contributed by atoms with Crippen LogP contribution in [0, 0.1) is 0 Å². The zero-order valence-electron chi connectivity index (χ0n) is 6.63. The van der Waals surface area contributed by atoms with Crippen LogP contribution in [-0.2, 0) is 0 Å². The number of aliphatic hydroxyl groups excluding tert-OH is 1. The summed E-state index contributed by atoms with van der Waals surface area (Å²) in [5.74, 6) is 0.